The highest BCUT2D eigenvalue weighted by Crippen LogP contribution is 2.21. The number of nitrogens with zero attached hydrogens (tertiary/aromatic N) is 1. The van der Waals surface area contributed by atoms with E-state index in [1.165, 1.54) is 7.11 Å². The minimum atomic E-state index is -3.86. The summed E-state index contributed by atoms with van der Waals surface area (Å²) in [5.41, 5.74) is -0.875. The summed E-state index contributed by atoms with van der Waals surface area (Å²) < 4.78 is 43.2. The van der Waals surface area contributed by atoms with Crippen LogP contribution in [-0.2, 0) is 19.6 Å². The van der Waals surface area contributed by atoms with E-state index in [1.807, 2.05) is 4.72 Å². The Bertz CT molecular complexity index is 646. The summed E-state index contributed by atoms with van der Waals surface area (Å²) in [6.45, 7) is 0. The minimum absolute atomic E-state index is 0.0105. The average Bonchev–Trinajstić information content (AvgIpc) is 2.40. The largest absolute Gasteiger partial charge is 0.469 e. The number of anilines is 1. The Balaban J connectivity index is 2.71. The number of nitro groups is 1. The first-order valence-electron chi connectivity index (χ1n) is 5.76. The zero-order chi connectivity index (χ0) is 16.0. The molecule has 1 N–H and O–H groups in total. The number of halogens is 1. The zero-order valence-electron chi connectivity index (χ0n) is 11.0. The van der Waals surface area contributed by atoms with Gasteiger partial charge in [-0.3, -0.25) is 19.6 Å². The van der Waals surface area contributed by atoms with Crippen LogP contribution in [0.15, 0.2) is 18.2 Å². The van der Waals surface area contributed by atoms with Crippen LogP contribution in [0.25, 0.3) is 0 Å². The number of carbonyl (C=O) groups excluding carboxylic acids is 1. The van der Waals surface area contributed by atoms with E-state index in [9.17, 15) is 27.7 Å². The number of non-ortho nitro benzene ring substituents is 1. The van der Waals surface area contributed by atoms with Crippen molar-refractivity contribution in [3.05, 3.63) is 34.1 Å². The molecule has 0 unspecified atom stereocenters. The lowest BCUT2D eigenvalue weighted by Crippen LogP contribution is -2.18. The number of nitro benzene ring substituents is 1. The van der Waals surface area contributed by atoms with E-state index in [1.54, 1.807) is 0 Å². The van der Waals surface area contributed by atoms with E-state index in [0.29, 0.717) is 6.07 Å². The van der Waals surface area contributed by atoms with Crippen molar-refractivity contribution in [1.82, 2.24) is 0 Å². The lowest BCUT2D eigenvalue weighted by Gasteiger charge is -2.08. The van der Waals surface area contributed by atoms with Crippen molar-refractivity contribution in [3.63, 3.8) is 0 Å². The summed E-state index contributed by atoms with van der Waals surface area (Å²) >= 11 is 0. The molecule has 0 atom stereocenters. The molecule has 0 aliphatic rings. The normalized spacial score (nSPS) is 11.0. The Morgan fingerprint density at radius 2 is 2.14 bits per heavy atom. The molecule has 0 fully saturated rings. The van der Waals surface area contributed by atoms with Crippen molar-refractivity contribution < 1.29 is 27.3 Å². The molecule has 0 radical (unpaired) electrons. The number of sulfonamides is 1. The highest BCUT2D eigenvalue weighted by molar-refractivity contribution is 7.92. The van der Waals surface area contributed by atoms with Gasteiger partial charge in [0.1, 0.15) is 0 Å². The van der Waals surface area contributed by atoms with Gasteiger partial charge >= 0.3 is 5.97 Å². The smallest absolute Gasteiger partial charge is 0.305 e. The van der Waals surface area contributed by atoms with E-state index >= 15 is 0 Å². The van der Waals surface area contributed by atoms with Gasteiger partial charge in [0.05, 0.1) is 29.5 Å². The third kappa shape index (κ3) is 5.34. The Morgan fingerprint density at radius 1 is 1.48 bits per heavy atom. The maximum absolute atomic E-state index is 13.5. The van der Waals surface area contributed by atoms with Gasteiger partial charge in [-0.2, -0.15) is 0 Å². The molecule has 0 heterocycles. The fraction of sp³-hybridized carbons (Fsp3) is 0.364. The lowest BCUT2D eigenvalue weighted by molar-refractivity contribution is -0.385. The second-order valence-corrected chi connectivity index (χ2v) is 5.86. The number of rotatable bonds is 7. The van der Waals surface area contributed by atoms with Gasteiger partial charge in [0, 0.05) is 12.5 Å². The number of carbonyl (C=O) groups is 1. The number of hydrogen-bond donors (Lipinski definition) is 1. The lowest BCUT2D eigenvalue weighted by atomic mass is 10.3. The van der Waals surface area contributed by atoms with Crippen LogP contribution in [0, 0.1) is 15.9 Å². The van der Waals surface area contributed by atoms with E-state index in [2.05, 4.69) is 4.74 Å². The molecular formula is C11H13FN2O6S. The van der Waals surface area contributed by atoms with Crippen LogP contribution in [0.1, 0.15) is 12.8 Å². The van der Waals surface area contributed by atoms with Gasteiger partial charge in [0.2, 0.25) is 10.0 Å². The molecular weight excluding hydrogens is 307 g/mol. The van der Waals surface area contributed by atoms with Crippen molar-refractivity contribution in [2.24, 2.45) is 0 Å². The number of methoxy groups -OCH3 is 1. The molecule has 10 heteroatoms. The van der Waals surface area contributed by atoms with E-state index in [4.69, 9.17) is 0 Å². The van der Waals surface area contributed by atoms with Crippen LogP contribution in [0.4, 0.5) is 15.8 Å². The maximum atomic E-state index is 13.5. The van der Waals surface area contributed by atoms with E-state index < -0.39 is 43.9 Å². The first kappa shape index (κ1) is 16.8. The number of esters is 1. The molecule has 0 aliphatic carbocycles. The van der Waals surface area contributed by atoms with Gasteiger partial charge in [-0.25, -0.2) is 12.8 Å². The zero-order valence-corrected chi connectivity index (χ0v) is 11.9. The minimum Gasteiger partial charge on any atom is -0.469 e. The number of hydrogen-bond acceptors (Lipinski definition) is 6. The molecule has 0 saturated carbocycles. The molecule has 1 aromatic rings. The fourth-order valence-electron chi connectivity index (χ4n) is 1.43. The van der Waals surface area contributed by atoms with Crippen LogP contribution in [0.2, 0.25) is 0 Å². The first-order chi connectivity index (χ1) is 9.75. The van der Waals surface area contributed by atoms with Crippen LogP contribution >= 0.6 is 0 Å². The Kier molecular flexibility index (Phi) is 5.59. The summed E-state index contributed by atoms with van der Waals surface area (Å²) in [7, 11) is -2.68. The second kappa shape index (κ2) is 6.97. The number of nitrogens with one attached hydrogen (secondary N) is 1. The van der Waals surface area contributed by atoms with Crippen molar-refractivity contribution in [2.45, 2.75) is 12.8 Å². The third-order valence-corrected chi connectivity index (χ3v) is 3.81. The van der Waals surface area contributed by atoms with Crippen LogP contribution in [-0.4, -0.2) is 32.2 Å². The summed E-state index contributed by atoms with van der Waals surface area (Å²) in [6, 6.07) is 2.56. The summed E-state index contributed by atoms with van der Waals surface area (Å²) in [6.07, 6.45) is -0.0727. The van der Waals surface area contributed by atoms with Gasteiger partial charge in [0.25, 0.3) is 5.69 Å². The van der Waals surface area contributed by atoms with Gasteiger partial charge in [-0.1, -0.05) is 0 Å². The second-order valence-electron chi connectivity index (χ2n) is 4.02. The molecule has 0 saturated heterocycles. The van der Waals surface area contributed by atoms with E-state index in [-0.39, 0.29) is 12.8 Å². The molecule has 0 spiro atoms. The Morgan fingerprint density at radius 3 is 2.67 bits per heavy atom. The van der Waals surface area contributed by atoms with Crippen molar-refractivity contribution in [2.75, 3.05) is 17.6 Å². The molecule has 21 heavy (non-hydrogen) atoms. The van der Waals surface area contributed by atoms with Crippen molar-refractivity contribution >= 4 is 27.4 Å². The summed E-state index contributed by atoms with van der Waals surface area (Å²) in [5, 5.41) is 10.4. The van der Waals surface area contributed by atoms with Gasteiger partial charge < -0.3 is 4.74 Å². The highest BCUT2D eigenvalue weighted by Gasteiger charge is 2.16. The highest BCUT2D eigenvalue weighted by atomic mass is 32.2. The predicted molar refractivity (Wildman–Crippen MR) is 71.7 cm³/mol. The summed E-state index contributed by atoms with van der Waals surface area (Å²) in [4.78, 5) is 20.5. The van der Waals surface area contributed by atoms with Crippen LogP contribution in [0.3, 0.4) is 0 Å². The predicted octanol–water partition coefficient (Wildman–Crippen LogP) is 1.43. The molecule has 0 aliphatic heterocycles. The third-order valence-electron chi connectivity index (χ3n) is 2.45. The fourth-order valence-corrected chi connectivity index (χ4v) is 2.55. The molecule has 116 valence electrons. The van der Waals surface area contributed by atoms with Crippen molar-refractivity contribution in [3.8, 4) is 0 Å². The van der Waals surface area contributed by atoms with E-state index in [0.717, 1.165) is 12.1 Å². The molecule has 0 aromatic heterocycles. The monoisotopic (exact) mass is 320 g/mol. The Hall–Kier alpha value is -2.23. The molecule has 8 nitrogen and oxygen atoms in total. The van der Waals surface area contributed by atoms with Gasteiger partial charge in [0.15, 0.2) is 5.82 Å². The molecule has 0 amide bonds. The first-order valence-corrected chi connectivity index (χ1v) is 7.41. The quantitative estimate of drug-likeness (QED) is 0.461. The molecule has 0 bridgehead atoms. The SMILES string of the molecule is COC(=O)CCCS(=O)(=O)Nc1ccc([N+](=O)[O-])cc1F. The maximum Gasteiger partial charge on any atom is 0.305 e. The van der Waals surface area contributed by atoms with Gasteiger partial charge in [-0.15, -0.1) is 0 Å². The topological polar surface area (TPSA) is 116 Å². The Labute approximate surface area is 120 Å². The summed E-state index contributed by atoms with van der Waals surface area (Å²) in [5.74, 6) is -2.01. The van der Waals surface area contributed by atoms with Crippen molar-refractivity contribution in [1.29, 1.82) is 0 Å². The van der Waals surface area contributed by atoms with Crippen LogP contribution in [0.5, 0.6) is 0 Å². The van der Waals surface area contributed by atoms with Gasteiger partial charge in [-0.05, 0) is 12.5 Å². The number of ether oxygens (including phenoxy) is 1. The molecule has 1 rings (SSSR count). The van der Waals surface area contributed by atoms with Crippen LogP contribution < -0.4 is 4.72 Å². The standard InChI is InChI=1S/C11H13FN2O6S/c1-20-11(15)3-2-6-21(18,19)13-10-5-4-8(14(16)17)7-9(10)12/h4-5,7,13H,2-3,6H2,1H3. The average molecular weight is 320 g/mol. The number of benzene rings is 1. The molecule has 1 aromatic carbocycles.